The SMILES string of the molecule is CCc1cccc(OC2CC3(CCC2N)OCCO3)c1. The van der Waals surface area contributed by atoms with Crippen LogP contribution in [0.25, 0.3) is 0 Å². The summed E-state index contributed by atoms with van der Waals surface area (Å²) in [5.41, 5.74) is 7.49. The van der Waals surface area contributed by atoms with E-state index < -0.39 is 5.79 Å². The van der Waals surface area contributed by atoms with Crippen LogP contribution in [-0.2, 0) is 15.9 Å². The summed E-state index contributed by atoms with van der Waals surface area (Å²) < 4.78 is 17.7. The maximum Gasteiger partial charge on any atom is 0.172 e. The van der Waals surface area contributed by atoms with E-state index in [-0.39, 0.29) is 12.1 Å². The molecule has 0 aromatic heterocycles. The van der Waals surface area contributed by atoms with E-state index in [9.17, 15) is 0 Å². The molecule has 2 unspecified atom stereocenters. The molecule has 3 rings (SSSR count). The first kappa shape index (κ1) is 13.9. The number of rotatable bonds is 3. The van der Waals surface area contributed by atoms with Crippen molar-refractivity contribution in [2.75, 3.05) is 13.2 Å². The molecular weight excluding hydrogens is 254 g/mol. The molecule has 2 fully saturated rings. The second-order valence-electron chi connectivity index (χ2n) is 5.67. The molecule has 0 amide bonds. The summed E-state index contributed by atoms with van der Waals surface area (Å²) in [6.45, 7) is 3.49. The highest BCUT2D eigenvalue weighted by molar-refractivity contribution is 5.28. The average Bonchev–Trinajstić information content (AvgIpc) is 2.92. The second-order valence-corrected chi connectivity index (χ2v) is 5.67. The monoisotopic (exact) mass is 277 g/mol. The molecule has 20 heavy (non-hydrogen) atoms. The number of hydrogen-bond acceptors (Lipinski definition) is 4. The molecule has 1 heterocycles. The van der Waals surface area contributed by atoms with Crippen molar-refractivity contribution in [2.24, 2.45) is 5.73 Å². The summed E-state index contributed by atoms with van der Waals surface area (Å²) in [6.07, 6.45) is 3.41. The maximum absolute atomic E-state index is 6.21. The summed E-state index contributed by atoms with van der Waals surface area (Å²) in [7, 11) is 0. The minimum absolute atomic E-state index is 0.0405. The van der Waals surface area contributed by atoms with Gasteiger partial charge in [0.2, 0.25) is 0 Å². The minimum atomic E-state index is -0.455. The quantitative estimate of drug-likeness (QED) is 0.920. The van der Waals surface area contributed by atoms with Gasteiger partial charge in [-0.1, -0.05) is 19.1 Å². The first-order chi connectivity index (χ1) is 9.71. The van der Waals surface area contributed by atoms with Crippen LogP contribution >= 0.6 is 0 Å². The number of nitrogens with two attached hydrogens (primary N) is 1. The predicted octanol–water partition coefficient (Wildman–Crippen LogP) is 2.25. The Morgan fingerprint density at radius 2 is 2.15 bits per heavy atom. The molecule has 2 atom stereocenters. The summed E-state index contributed by atoms with van der Waals surface area (Å²) >= 11 is 0. The van der Waals surface area contributed by atoms with Gasteiger partial charge in [0, 0.05) is 18.9 Å². The van der Waals surface area contributed by atoms with Gasteiger partial charge in [-0.15, -0.1) is 0 Å². The van der Waals surface area contributed by atoms with Crippen molar-refractivity contribution in [2.45, 2.75) is 50.5 Å². The molecule has 0 bridgehead atoms. The topological polar surface area (TPSA) is 53.7 Å². The van der Waals surface area contributed by atoms with E-state index in [1.165, 1.54) is 5.56 Å². The number of benzene rings is 1. The molecule has 4 heteroatoms. The van der Waals surface area contributed by atoms with E-state index in [1.807, 2.05) is 12.1 Å². The predicted molar refractivity (Wildman–Crippen MR) is 76.7 cm³/mol. The lowest BCUT2D eigenvalue weighted by atomic mass is 9.88. The van der Waals surface area contributed by atoms with Crippen LogP contribution in [0.1, 0.15) is 31.7 Å². The van der Waals surface area contributed by atoms with Crippen molar-refractivity contribution in [1.82, 2.24) is 0 Å². The highest BCUT2D eigenvalue weighted by Gasteiger charge is 2.45. The molecule has 2 aliphatic rings. The molecule has 0 radical (unpaired) electrons. The van der Waals surface area contributed by atoms with Crippen molar-refractivity contribution in [1.29, 1.82) is 0 Å². The van der Waals surface area contributed by atoms with Crippen LogP contribution < -0.4 is 10.5 Å². The first-order valence-electron chi connectivity index (χ1n) is 7.50. The standard InChI is InChI=1S/C16H23NO3/c1-2-12-4-3-5-13(10-12)20-15-11-16(7-6-14(15)17)18-8-9-19-16/h3-5,10,14-15H,2,6-9,11,17H2,1H3. The fourth-order valence-electron chi connectivity index (χ4n) is 3.03. The lowest BCUT2D eigenvalue weighted by Crippen LogP contribution is -2.51. The van der Waals surface area contributed by atoms with Gasteiger partial charge in [-0.05, 0) is 30.5 Å². The molecular formula is C16H23NO3. The van der Waals surface area contributed by atoms with Crippen LogP contribution in [0.3, 0.4) is 0 Å². The van der Waals surface area contributed by atoms with Gasteiger partial charge in [0.1, 0.15) is 11.9 Å². The lowest BCUT2D eigenvalue weighted by molar-refractivity contribution is -0.195. The third kappa shape index (κ3) is 2.82. The summed E-state index contributed by atoms with van der Waals surface area (Å²) in [6, 6.07) is 8.26. The van der Waals surface area contributed by atoms with E-state index in [0.29, 0.717) is 19.6 Å². The molecule has 1 aromatic carbocycles. The Balaban J connectivity index is 1.71. The third-order valence-electron chi connectivity index (χ3n) is 4.26. The molecule has 1 aliphatic carbocycles. The Bertz CT molecular complexity index is 457. The fraction of sp³-hybridized carbons (Fsp3) is 0.625. The zero-order valence-corrected chi connectivity index (χ0v) is 12.0. The lowest BCUT2D eigenvalue weighted by Gasteiger charge is -2.39. The van der Waals surface area contributed by atoms with Gasteiger partial charge in [0.15, 0.2) is 5.79 Å². The van der Waals surface area contributed by atoms with Crippen LogP contribution in [0.4, 0.5) is 0 Å². The van der Waals surface area contributed by atoms with E-state index in [1.54, 1.807) is 0 Å². The number of ether oxygens (including phenoxy) is 3. The van der Waals surface area contributed by atoms with Gasteiger partial charge in [-0.2, -0.15) is 0 Å². The fourth-order valence-corrected chi connectivity index (χ4v) is 3.03. The van der Waals surface area contributed by atoms with E-state index >= 15 is 0 Å². The Morgan fingerprint density at radius 1 is 1.35 bits per heavy atom. The van der Waals surface area contributed by atoms with E-state index in [2.05, 4.69) is 19.1 Å². The smallest absolute Gasteiger partial charge is 0.172 e. The van der Waals surface area contributed by atoms with Gasteiger partial charge < -0.3 is 19.9 Å². The van der Waals surface area contributed by atoms with Crippen molar-refractivity contribution in [3.05, 3.63) is 29.8 Å². The number of hydrogen-bond donors (Lipinski definition) is 1. The van der Waals surface area contributed by atoms with Crippen LogP contribution in [0.15, 0.2) is 24.3 Å². The highest BCUT2D eigenvalue weighted by atomic mass is 16.7. The third-order valence-corrected chi connectivity index (χ3v) is 4.26. The molecule has 1 saturated carbocycles. The molecule has 1 aliphatic heterocycles. The molecule has 4 nitrogen and oxygen atoms in total. The Labute approximate surface area is 120 Å². The van der Waals surface area contributed by atoms with E-state index in [4.69, 9.17) is 19.9 Å². The van der Waals surface area contributed by atoms with Crippen molar-refractivity contribution in [3.63, 3.8) is 0 Å². The van der Waals surface area contributed by atoms with Crippen LogP contribution in [0.5, 0.6) is 5.75 Å². The molecule has 2 N–H and O–H groups in total. The van der Waals surface area contributed by atoms with Crippen molar-refractivity contribution >= 4 is 0 Å². The first-order valence-corrected chi connectivity index (χ1v) is 7.50. The van der Waals surface area contributed by atoms with Gasteiger partial charge in [-0.3, -0.25) is 0 Å². The highest BCUT2D eigenvalue weighted by Crippen LogP contribution is 2.37. The molecule has 1 saturated heterocycles. The largest absolute Gasteiger partial charge is 0.489 e. The van der Waals surface area contributed by atoms with Crippen LogP contribution in [0, 0.1) is 0 Å². The normalized spacial score (nSPS) is 28.7. The summed E-state index contributed by atoms with van der Waals surface area (Å²) in [5, 5.41) is 0. The van der Waals surface area contributed by atoms with Gasteiger partial charge in [-0.25, -0.2) is 0 Å². The zero-order chi connectivity index (χ0) is 14.0. The molecule has 1 spiro atoms. The summed E-state index contributed by atoms with van der Waals surface area (Å²) in [5.74, 6) is 0.433. The Kier molecular flexibility index (Phi) is 3.96. The molecule has 1 aromatic rings. The van der Waals surface area contributed by atoms with Gasteiger partial charge in [0.05, 0.1) is 13.2 Å². The average molecular weight is 277 g/mol. The Morgan fingerprint density at radius 3 is 2.90 bits per heavy atom. The Hall–Kier alpha value is -1.10. The van der Waals surface area contributed by atoms with Crippen LogP contribution in [-0.4, -0.2) is 31.1 Å². The van der Waals surface area contributed by atoms with Gasteiger partial charge >= 0.3 is 0 Å². The van der Waals surface area contributed by atoms with E-state index in [0.717, 1.165) is 25.0 Å². The maximum atomic E-state index is 6.21. The number of aryl methyl sites for hydroxylation is 1. The minimum Gasteiger partial charge on any atom is -0.489 e. The molecule has 110 valence electrons. The van der Waals surface area contributed by atoms with Gasteiger partial charge in [0.25, 0.3) is 0 Å². The van der Waals surface area contributed by atoms with Crippen LogP contribution in [0.2, 0.25) is 0 Å². The van der Waals surface area contributed by atoms with Crippen molar-refractivity contribution in [3.8, 4) is 5.75 Å². The summed E-state index contributed by atoms with van der Waals surface area (Å²) in [4.78, 5) is 0. The zero-order valence-electron chi connectivity index (χ0n) is 12.0. The second kappa shape index (κ2) is 5.72. The van der Waals surface area contributed by atoms with Crippen molar-refractivity contribution < 1.29 is 14.2 Å².